The molecular formula is C18H15F2N7O. The molecule has 0 amide bonds. The number of nitrogens with two attached hydrogens (primary N) is 1. The molecule has 3 aromatic heterocycles. The van der Waals surface area contributed by atoms with Gasteiger partial charge in [-0.15, -0.1) is 5.10 Å². The van der Waals surface area contributed by atoms with E-state index in [-0.39, 0.29) is 17.9 Å². The molecule has 0 aliphatic carbocycles. The van der Waals surface area contributed by atoms with Crippen molar-refractivity contribution in [3.05, 3.63) is 53.9 Å². The van der Waals surface area contributed by atoms with Crippen molar-refractivity contribution in [2.75, 3.05) is 17.2 Å². The van der Waals surface area contributed by atoms with Gasteiger partial charge < -0.3 is 15.1 Å². The number of hydrogen-bond acceptors (Lipinski definition) is 7. The molecule has 1 aromatic carbocycles. The minimum Gasteiger partial charge on any atom is -0.403 e. The smallest absolute Gasteiger partial charge is 0.313 e. The Hall–Kier alpha value is -3.56. The molecule has 1 saturated heterocycles. The number of nitrogen functional groups attached to an aromatic ring is 1. The molecule has 0 spiro atoms. The van der Waals surface area contributed by atoms with E-state index in [0.29, 0.717) is 35.6 Å². The second kappa shape index (κ2) is 6.25. The molecule has 0 bridgehead atoms. The topological polar surface area (TPSA) is 98.4 Å². The van der Waals surface area contributed by atoms with Crippen LogP contribution in [0.3, 0.4) is 0 Å². The molecule has 4 aromatic rings. The van der Waals surface area contributed by atoms with Gasteiger partial charge in [-0.3, -0.25) is 0 Å². The summed E-state index contributed by atoms with van der Waals surface area (Å²) >= 11 is 0. The van der Waals surface area contributed by atoms with Gasteiger partial charge in [0.05, 0.1) is 12.2 Å². The molecule has 2 N–H and O–H groups in total. The number of fused-ring (bicyclic) bond motifs is 1. The van der Waals surface area contributed by atoms with Crippen LogP contribution in [0.25, 0.3) is 17.1 Å². The number of halogens is 2. The lowest BCUT2D eigenvalue weighted by molar-refractivity contribution is 0.560. The molecule has 4 heterocycles. The molecular weight excluding hydrogens is 368 g/mol. The Labute approximate surface area is 157 Å². The molecule has 1 aliphatic rings. The first-order chi connectivity index (χ1) is 13.6. The molecule has 10 heteroatoms. The van der Waals surface area contributed by atoms with Gasteiger partial charge in [-0.1, -0.05) is 5.10 Å². The lowest BCUT2D eigenvalue weighted by Gasteiger charge is -2.26. The van der Waals surface area contributed by atoms with Crippen LogP contribution in [0.1, 0.15) is 24.4 Å². The van der Waals surface area contributed by atoms with Crippen molar-refractivity contribution in [3.8, 4) is 11.5 Å². The van der Waals surface area contributed by atoms with Crippen molar-refractivity contribution in [1.82, 2.24) is 24.8 Å². The van der Waals surface area contributed by atoms with Gasteiger partial charge in [0.1, 0.15) is 23.0 Å². The number of benzene rings is 1. The Morgan fingerprint density at radius 2 is 2.07 bits per heavy atom. The van der Waals surface area contributed by atoms with Crippen LogP contribution in [0, 0.1) is 11.6 Å². The number of hydrogen-bond donors (Lipinski definition) is 1. The summed E-state index contributed by atoms with van der Waals surface area (Å²) in [7, 11) is 0. The van der Waals surface area contributed by atoms with Crippen LogP contribution in [0.2, 0.25) is 0 Å². The van der Waals surface area contributed by atoms with Crippen molar-refractivity contribution in [3.63, 3.8) is 0 Å². The Kier molecular flexibility index (Phi) is 3.71. The monoisotopic (exact) mass is 383 g/mol. The summed E-state index contributed by atoms with van der Waals surface area (Å²) in [6.07, 6.45) is 4.87. The summed E-state index contributed by atoms with van der Waals surface area (Å²) in [6, 6.07) is 4.98. The zero-order chi connectivity index (χ0) is 19.3. The first kappa shape index (κ1) is 16.6. The van der Waals surface area contributed by atoms with E-state index in [2.05, 4.69) is 20.3 Å². The Morgan fingerprint density at radius 1 is 1.18 bits per heavy atom. The number of aromatic nitrogens is 5. The first-order valence-corrected chi connectivity index (χ1v) is 8.75. The average Bonchev–Trinajstić information content (AvgIpc) is 3.42. The van der Waals surface area contributed by atoms with Crippen LogP contribution < -0.4 is 10.6 Å². The molecule has 1 fully saturated rings. The van der Waals surface area contributed by atoms with Crippen LogP contribution in [0.4, 0.5) is 20.6 Å². The SMILES string of the molecule is Nc1nnc(-c2cnn3ccc(N4CCC[C@@H]4c4cc(F)ccc4F)nc23)o1. The lowest BCUT2D eigenvalue weighted by atomic mass is 10.0. The second-order valence-corrected chi connectivity index (χ2v) is 6.57. The number of rotatable bonds is 3. The summed E-state index contributed by atoms with van der Waals surface area (Å²) in [4.78, 5) is 6.64. The Bertz CT molecular complexity index is 1170. The third kappa shape index (κ3) is 2.65. The van der Waals surface area contributed by atoms with Crippen molar-refractivity contribution >= 4 is 17.5 Å². The zero-order valence-corrected chi connectivity index (χ0v) is 14.6. The highest BCUT2D eigenvalue weighted by atomic mass is 19.1. The van der Waals surface area contributed by atoms with E-state index >= 15 is 0 Å². The predicted molar refractivity (Wildman–Crippen MR) is 96.4 cm³/mol. The van der Waals surface area contributed by atoms with Crippen molar-refractivity contribution in [2.24, 2.45) is 0 Å². The van der Waals surface area contributed by atoms with Crippen molar-refractivity contribution in [1.29, 1.82) is 0 Å². The van der Waals surface area contributed by atoms with Crippen LogP contribution in [-0.2, 0) is 0 Å². The van der Waals surface area contributed by atoms with E-state index < -0.39 is 11.6 Å². The van der Waals surface area contributed by atoms with Gasteiger partial charge in [-0.05, 0) is 37.1 Å². The van der Waals surface area contributed by atoms with E-state index in [9.17, 15) is 8.78 Å². The maximum atomic E-state index is 14.3. The summed E-state index contributed by atoms with van der Waals surface area (Å²) in [5.74, 6) is -0.0383. The van der Waals surface area contributed by atoms with E-state index in [0.717, 1.165) is 18.6 Å². The van der Waals surface area contributed by atoms with Gasteiger partial charge in [0.15, 0.2) is 5.65 Å². The van der Waals surface area contributed by atoms with E-state index in [1.54, 1.807) is 23.0 Å². The van der Waals surface area contributed by atoms with Crippen molar-refractivity contribution < 1.29 is 13.2 Å². The Morgan fingerprint density at radius 3 is 2.89 bits per heavy atom. The van der Waals surface area contributed by atoms with Gasteiger partial charge >= 0.3 is 6.01 Å². The maximum absolute atomic E-state index is 14.3. The van der Waals surface area contributed by atoms with Crippen LogP contribution in [0.5, 0.6) is 0 Å². The van der Waals surface area contributed by atoms with Gasteiger partial charge in [0.2, 0.25) is 0 Å². The summed E-state index contributed by atoms with van der Waals surface area (Å²) in [5, 5.41) is 11.8. The Balaban J connectivity index is 1.57. The van der Waals surface area contributed by atoms with Crippen LogP contribution >= 0.6 is 0 Å². The van der Waals surface area contributed by atoms with Gasteiger partial charge in [0, 0.05) is 18.3 Å². The van der Waals surface area contributed by atoms with E-state index in [1.807, 2.05) is 4.90 Å². The highest BCUT2D eigenvalue weighted by molar-refractivity contribution is 5.72. The molecule has 1 atom stereocenters. The highest BCUT2D eigenvalue weighted by Gasteiger charge is 2.30. The van der Waals surface area contributed by atoms with Gasteiger partial charge in [0.25, 0.3) is 5.89 Å². The fraction of sp³-hybridized carbons (Fsp3) is 0.222. The van der Waals surface area contributed by atoms with Gasteiger partial charge in [-0.2, -0.15) is 5.10 Å². The molecule has 0 radical (unpaired) electrons. The van der Waals surface area contributed by atoms with Gasteiger partial charge in [-0.25, -0.2) is 18.3 Å². The highest BCUT2D eigenvalue weighted by Crippen LogP contribution is 2.37. The molecule has 142 valence electrons. The predicted octanol–water partition coefficient (Wildman–Crippen LogP) is 2.98. The standard InChI is InChI=1S/C18H15F2N7O/c19-10-3-4-13(20)11(8-10)14-2-1-6-26(14)15-5-7-27-16(23-15)12(9-22-27)17-24-25-18(21)28-17/h3-5,7-9,14H,1-2,6H2,(H2,21,25)/t14-/m1/s1. The third-order valence-corrected chi connectivity index (χ3v) is 4.89. The van der Waals surface area contributed by atoms with E-state index in [4.69, 9.17) is 10.2 Å². The van der Waals surface area contributed by atoms with Crippen LogP contribution in [-0.4, -0.2) is 31.3 Å². The minimum absolute atomic E-state index is 0.0494. The number of anilines is 2. The molecule has 28 heavy (non-hydrogen) atoms. The maximum Gasteiger partial charge on any atom is 0.313 e. The molecule has 0 unspecified atom stereocenters. The average molecular weight is 383 g/mol. The summed E-state index contributed by atoms with van der Waals surface area (Å²) in [5.41, 5.74) is 6.88. The fourth-order valence-corrected chi connectivity index (χ4v) is 3.65. The van der Waals surface area contributed by atoms with Crippen LogP contribution in [0.15, 0.2) is 41.1 Å². The van der Waals surface area contributed by atoms with E-state index in [1.165, 1.54) is 6.07 Å². The first-order valence-electron chi connectivity index (χ1n) is 8.75. The lowest BCUT2D eigenvalue weighted by Crippen LogP contribution is -2.24. The minimum atomic E-state index is -0.460. The zero-order valence-electron chi connectivity index (χ0n) is 14.6. The molecule has 8 nitrogen and oxygen atoms in total. The fourth-order valence-electron chi connectivity index (χ4n) is 3.65. The quantitative estimate of drug-likeness (QED) is 0.581. The van der Waals surface area contributed by atoms with Crippen molar-refractivity contribution in [2.45, 2.75) is 18.9 Å². The molecule has 5 rings (SSSR count). The number of nitrogens with zero attached hydrogens (tertiary/aromatic N) is 6. The summed E-state index contributed by atoms with van der Waals surface area (Å²) < 4.78 is 34.9. The summed E-state index contributed by atoms with van der Waals surface area (Å²) in [6.45, 7) is 0.681. The third-order valence-electron chi connectivity index (χ3n) is 4.89. The molecule has 1 aliphatic heterocycles. The largest absolute Gasteiger partial charge is 0.403 e. The molecule has 0 saturated carbocycles. The normalized spacial score (nSPS) is 16.9. The second-order valence-electron chi connectivity index (χ2n) is 6.57.